The minimum Gasteiger partial charge on any atom is -0.376 e. The molecule has 3 aromatic rings. The topological polar surface area (TPSA) is 102 Å². The number of primary amides is 1. The van der Waals surface area contributed by atoms with E-state index < -0.39 is 5.91 Å². The summed E-state index contributed by atoms with van der Waals surface area (Å²) in [4.78, 5) is 20.4. The first-order valence-corrected chi connectivity index (χ1v) is 8.98. The quantitative estimate of drug-likeness (QED) is 0.586. The zero-order valence-corrected chi connectivity index (χ0v) is 16.0. The molecule has 7 nitrogen and oxygen atoms in total. The fraction of sp³-hybridized carbons (Fsp3) is 0.250. The van der Waals surface area contributed by atoms with Crippen molar-refractivity contribution in [3.63, 3.8) is 0 Å². The number of nitrogens with one attached hydrogen (secondary N) is 2. The van der Waals surface area contributed by atoms with E-state index in [0.29, 0.717) is 18.1 Å². The first-order chi connectivity index (χ1) is 13.2. The Balaban J connectivity index is 0.00000225. The lowest BCUT2D eigenvalue weighted by Gasteiger charge is -2.14. The molecule has 0 radical (unpaired) electrons. The van der Waals surface area contributed by atoms with E-state index in [9.17, 15) is 4.79 Å². The van der Waals surface area contributed by atoms with Crippen LogP contribution in [-0.2, 0) is 4.74 Å². The van der Waals surface area contributed by atoms with E-state index in [0.717, 1.165) is 41.9 Å². The number of carbonyl (C=O) groups is 1. The number of anilines is 3. The van der Waals surface area contributed by atoms with Gasteiger partial charge in [-0.05, 0) is 49.2 Å². The normalized spacial score (nSPS) is 15.8. The molecule has 1 aliphatic heterocycles. The second-order valence-corrected chi connectivity index (χ2v) is 6.50. The van der Waals surface area contributed by atoms with Gasteiger partial charge in [0.15, 0.2) is 0 Å². The van der Waals surface area contributed by atoms with Gasteiger partial charge >= 0.3 is 0 Å². The summed E-state index contributed by atoms with van der Waals surface area (Å²) in [5.74, 6) is 0.798. The molecule has 0 saturated carbocycles. The van der Waals surface area contributed by atoms with Gasteiger partial charge < -0.3 is 21.1 Å². The zero-order valence-electron chi connectivity index (χ0n) is 15.2. The molecule has 1 aromatic heterocycles. The second kappa shape index (κ2) is 8.86. The van der Waals surface area contributed by atoms with E-state index in [2.05, 4.69) is 20.6 Å². The highest BCUT2D eigenvalue weighted by atomic mass is 35.5. The van der Waals surface area contributed by atoms with Crippen LogP contribution in [0.2, 0.25) is 0 Å². The van der Waals surface area contributed by atoms with Crippen molar-refractivity contribution in [2.45, 2.75) is 18.9 Å². The van der Waals surface area contributed by atoms with Crippen LogP contribution in [0.5, 0.6) is 0 Å². The van der Waals surface area contributed by atoms with E-state index in [1.165, 1.54) is 0 Å². The van der Waals surface area contributed by atoms with Crippen molar-refractivity contribution in [1.29, 1.82) is 0 Å². The molecule has 1 fully saturated rings. The molecule has 1 saturated heterocycles. The van der Waals surface area contributed by atoms with Crippen LogP contribution >= 0.6 is 12.4 Å². The monoisotopic (exact) mass is 399 g/mol. The predicted molar refractivity (Wildman–Crippen MR) is 112 cm³/mol. The largest absolute Gasteiger partial charge is 0.376 e. The predicted octanol–water partition coefficient (Wildman–Crippen LogP) is 3.49. The first kappa shape index (κ1) is 19.9. The van der Waals surface area contributed by atoms with Crippen LogP contribution in [0.1, 0.15) is 23.2 Å². The van der Waals surface area contributed by atoms with Crippen LogP contribution < -0.4 is 16.4 Å². The number of nitrogens with two attached hydrogens (primary N) is 1. The molecule has 1 unspecified atom stereocenters. The lowest BCUT2D eigenvalue weighted by molar-refractivity contribution is 0.100. The van der Waals surface area contributed by atoms with E-state index in [1.54, 1.807) is 24.3 Å². The maximum absolute atomic E-state index is 11.2. The van der Waals surface area contributed by atoms with E-state index >= 15 is 0 Å². The Kier molecular flexibility index (Phi) is 6.28. The third kappa shape index (κ3) is 4.49. The Morgan fingerprint density at radius 1 is 1.14 bits per heavy atom. The molecule has 2 heterocycles. The molecule has 146 valence electrons. The maximum atomic E-state index is 11.2. The average molecular weight is 400 g/mol. The Labute approximate surface area is 169 Å². The van der Waals surface area contributed by atoms with E-state index in [-0.39, 0.29) is 18.5 Å². The lowest BCUT2D eigenvalue weighted by atomic mass is 10.2. The molecule has 0 aliphatic carbocycles. The molecule has 1 aliphatic rings. The molecule has 0 bridgehead atoms. The summed E-state index contributed by atoms with van der Waals surface area (Å²) in [5, 5.41) is 7.55. The van der Waals surface area contributed by atoms with Gasteiger partial charge in [-0.25, -0.2) is 4.98 Å². The number of hydrogen-bond donors (Lipinski definition) is 3. The Morgan fingerprint density at radius 2 is 1.93 bits per heavy atom. The number of hydrogen-bond acceptors (Lipinski definition) is 6. The summed E-state index contributed by atoms with van der Waals surface area (Å²) in [5.41, 5.74) is 7.36. The summed E-state index contributed by atoms with van der Waals surface area (Å²) in [6, 6.07) is 14.8. The van der Waals surface area contributed by atoms with Crippen molar-refractivity contribution in [3.8, 4) is 0 Å². The Hall–Kier alpha value is -2.90. The van der Waals surface area contributed by atoms with Gasteiger partial charge in [0, 0.05) is 29.8 Å². The lowest BCUT2D eigenvalue weighted by Crippen LogP contribution is -2.19. The van der Waals surface area contributed by atoms with Gasteiger partial charge in [-0.2, -0.15) is 4.98 Å². The molecular weight excluding hydrogens is 378 g/mol. The number of aromatic nitrogens is 2. The minimum absolute atomic E-state index is 0. The van der Waals surface area contributed by atoms with Gasteiger partial charge in [0.25, 0.3) is 0 Å². The molecule has 8 heteroatoms. The van der Waals surface area contributed by atoms with Crippen LogP contribution in [0, 0.1) is 0 Å². The molecule has 1 atom stereocenters. The van der Waals surface area contributed by atoms with Crippen molar-refractivity contribution in [1.82, 2.24) is 9.97 Å². The Morgan fingerprint density at radius 3 is 2.64 bits per heavy atom. The minimum atomic E-state index is -0.455. The number of rotatable bonds is 6. The number of nitrogens with zero attached hydrogens (tertiary/aromatic N) is 2. The number of ether oxygens (including phenoxy) is 1. The molecule has 4 rings (SSSR count). The molecule has 1 amide bonds. The fourth-order valence-electron chi connectivity index (χ4n) is 3.13. The molecule has 0 spiro atoms. The van der Waals surface area contributed by atoms with Crippen molar-refractivity contribution in [2.24, 2.45) is 5.73 Å². The van der Waals surface area contributed by atoms with Crippen molar-refractivity contribution >= 4 is 46.7 Å². The van der Waals surface area contributed by atoms with Crippen molar-refractivity contribution in [3.05, 3.63) is 54.1 Å². The van der Waals surface area contributed by atoms with Crippen LogP contribution in [0.3, 0.4) is 0 Å². The van der Waals surface area contributed by atoms with Gasteiger partial charge in [-0.15, -0.1) is 12.4 Å². The highest BCUT2D eigenvalue weighted by Crippen LogP contribution is 2.24. The number of halogens is 1. The van der Waals surface area contributed by atoms with Gasteiger partial charge in [0.2, 0.25) is 11.9 Å². The molecule has 28 heavy (non-hydrogen) atoms. The second-order valence-electron chi connectivity index (χ2n) is 6.50. The maximum Gasteiger partial charge on any atom is 0.248 e. The van der Waals surface area contributed by atoms with Crippen molar-refractivity contribution in [2.75, 3.05) is 23.8 Å². The SMILES string of the molecule is Cl.NC(=O)c1ccc(Nc2nc(NCC3CCCO3)c3ccccc3n2)cc1. The Bertz CT molecular complexity index is 958. The number of carbonyl (C=O) groups excluding carboxylic acids is 1. The van der Waals surface area contributed by atoms with Gasteiger partial charge in [-0.3, -0.25) is 4.79 Å². The summed E-state index contributed by atoms with van der Waals surface area (Å²) in [6.07, 6.45) is 2.38. The molecule has 4 N–H and O–H groups in total. The summed E-state index contributed by atoms with van der Waals surface area (Å²) >= 11 is 0. The standard InChI is InChI=1S/C20H21N5O2.ClH/c21-18(26)13-7-9-14(10-8-13)23-20-24-17-6-2-1-5-16(17)19(25-20)22-12-15-4-3-11-27-15;/h1-2,5-10,15H,3-4,11-12H2,(H2,21,26)(H2,22,23,24,25);1H. The zero-order chi connectivity index (χ0) is 18.6. The van der Waals surface area contributed by atoms with Crippen LogP contribution in [0.15, 0.2) is 48.5 Å². The average Bonchev–Trinajstić information content (AvgIpc) is 3.20. The molecular formula is C20H22ClN5O2. The smallest absolute Gasteiger partial charge is 0.248 e. The van der Waals surface area contributed by atoms with Crippen LogP contribution in [0.25, 0.3) is 10.9 Å². The number of para-hydroxylation sites is 1. The third-order valence-corrected chi connectivity index (χ3v) is 4.55. The third-order valence-electron chi connectivity index (χ3n) is 4.55. The summed E-state index contributed by atoms with van der Waals surface area (Å²) in [6.45, 7) is 1.54. The highest BCUT2D eigenvalue weighted by molar-refractivity contribution is 5.93. The van der Waals surface area contributed by atoms with Crippen LogP contribution in [-0.4, -0.2) is 35.1 Å². The van der Waals surface area contributed by atoms with Crippen LogP contribution in [0.4, 0.5) is 17.5 Å². The number of amides is 1. The number of fused-ring (bicyclic) bond motifs is 1. The van der Waals surface area contributed by atoms with E-state index in [4.69, 9.17) is 10.5 Å². The van der Waals surface area contributed by atoms with Crippen molar-refractivity contribution < 1.29 is 9.53 Å². The number of benzene rings is 2. The highest BCUT2D eigenvalue weighted by Gasteiger charge is 2.16. The molecule has 2 aromatic carbocycles. The van der Waals surface area contributed by atoms with E-state index in [1.807, 2.05) is 24.3 Å². The van der Waals surface area contributed by atoms with Gasteiger partial charge in [0.05, 0.1) is 11.6 Å². The fourth-order valence-corrected chi connectivity index (χ4v) is 3.13. The first-order valence-electron chi connectivity index (χ1n) is 8.98. The van der Waals surface area contributed by atoms with Gasteiger partial charge in [0.1, 0.15) is 5.82 Å². The summed E-state index contributed by atoms with van der Waals surface area (Å²) < 4.78 is 5.68. The summed E-state index contributed by atoms with van der Waals surface area (Å²) in [7, 11) is 0. The van der Waals surface area contributed by atoms with Gasteiger partial charge in [-0.1, -0.05) is 12.1 Å².